The Morgan fingerprint density at radius 1 is 1.04 bits per heavy atom. The van der Waals surface area contributed by atoms with Crippen LogP contribution in [0.15, 0.2) is 66.7 Å². The van der Waals surface area contributed by atoms with Crippen molar-refractivity contribution in [3.63, 3.8) is 0 Å². The highest BCUT2D eigenvalue weighted by Crippen LogP contribution is 2.29. The van der Waals surface area contributed by atoms with Crippen LogP contribution in [0.1, 0.15) is 23.5 Å². The Bertz CT molecular complexity index is 912. The molecule has 0 aromatic heterocycles. The summed E-state index contributed by atoms with van der Waals surface area (Å²) in [6.45, 7) is 1.64. The van der Waals surface area contributed by atoms with Gasteiger partial charge in [0.1, 0.15) is 5.75 Å². The molecule has 0 saturated carbocycles. The number of nitrogens with zero attached hydrogens (tertiary/aromatic N) is 1. The molecule has 0 radical (unpaired) electrons. The summed E-state index contributed by atoms with van der Waals surface area (Å²) in [5.74, 6) is 1.50. The highest BCUT2D eigenvalue weighted by molar-refractivity contribution is 5.90. The molecule has 26 heavy (non-hydrogen) atoms. The van der Waals surface area contributed by atoms with Gasteiger partial charge in [0.05, 0.1) is 13.5 Å². The molecule has 3 nitrogen and oxygen atoms in total. The molecule has 3 aromatic carbocycles. The highest BCUT2D eigenvalue weighted by Gasteiger charge is 2.27. The number of carbonyl (C=O) groups is 1. The van der Waals surface area contributed by atoms with Gasteiger partial charge < -0.3 is 9.64 Å². The topological polar surface area (TPSA) is 29.5 Å². The van der Waals surface area contributed by atoms with E-state index >= 15 is 0 Å². The van der Waals surface area contributed by atoms with Crippen LogP contribution in [-0.2, 0) is 11.2 Å². The maximum Gasteiger partial charge on any atom is 0.227 e. The Hall–Kier alpha value is -2.81. The first-order chi connectivity index (χ1) is 12.7. The Kier molecular flexibility index (Phi) is 4.61. The van der Waals surface area contributed by atoms with E-state index < -0.39 is 0 Å². The van der Waals surface area contributed by atoms with E-state index in [2.05, 4.69) is 36.4 Å². The van der Waals surface area contributed by atoms with E-state index in [9.17, 15) is 4.79 Å². The van der Waals surface area contributed by atoms with Gasteiger partial charge in [-0.3, -0.25) is 4.79 Å². The lowest BCUT2D eigenvalue weighted by Crippen LogP contribution is -2.29. The minimum absolute atomic E-state index is 0.220. The van der Waals surface area contributed by atoms with Crippen LogP contribution in [0.5, 0.6) is 5.75 Å². The SMILES string of the molecule is COc1ccc([C@H]2CCN(C(=O)Cc3cccc4ccccc34)C2)cc1. The Morgan fingerprint density at radius 3 is 2.62 bits per heavy atom. The fraction of sp³-hybridized carbons (Fsp3) is 0.261. The van der Waals surface area contributed by atoms with Crippen molar-refractivity contribution in [2.75, 3.05) is 20.2 Å². The molecule has 0 aliphatic carbocycles. The number of amides is 1. The minimum Gasteiger partial charge on any atom is -0.497 e. The van der Waals surface area contributed by atoms with Gasteiger partial charge in [0.25, 0.3) is 0 Å². The van der Waals surface area contributed by atoms with Crippen molar-refractivity contribution in [3.05, 3.63) is 77.9 Å². The fourth-order valence-corrected chi connectivity index (χ4v) is 3.86. The molecule has 1 heterocycles. The third-order valence-corrected chi connectivity index (χ3v) is 5.35. The van der Waals surface area contributed by atoms with Gasteiger partial charge in [-0.2, -0.15) is 0 Å². The van der Waals surface area contributed by atoms with Gasteiger partial charge >= 0.3 is 0 Å². The molecule has 132 valence electrons. The van der Waals surface area contributed by atoms with E-state index in [0.29, 0.717) is 12.3 Å². The standard InChI is InChI=1S/C23H23NO2/c1-26-21-11-9-17(10-12-21)20-13-14-24(16-20)23(25)15-19-7-4-6-18-5-2-3-8-22(18)19/h2-12,20H,13-16H2,1H3/t20-/m0/s1. The van der Waals surface area contributed by atoms with Crippen LogP contribution in [0.3, 0.4) is 0 Å². The van der Waals surface area contributed by atoms with Crippen molar-refractivity contribution < 1.29 is 9.53 Å². The largest absolute Gasteiger partial charge is 0.497 e. The second-order valence-corrected chi connectivity index (χ2v) is 6.91. The Labute approximate surface area is 154 Å². The summed E-state index contributed by atoms with van der Waals surface area (Å²) in [4.78, 5) is 14.9. The zero-order valence-corrected chi connectivity index (χ0v) is 15.0. The van der Waals surface area contributed by atoms with Gasteiger partial charge in [-0.05, 0) is 40.5 Å². The van der Waals surface area contributed by atoms with E-state index in [4.69, 9.17) is 4.74 Å². The molecule has 1 fully saturated rings. The molecule has 1 aliphatic heterocycles. The van der Waals surface area contributed by atoms with Crippen molar-refractivity contribution in [1.29, 1.82) is 0 Å². The summed E-state index contributed by atoms with van der Waals surface area (Å²) in [5, 5.41) is 2.37. The molecular weight excluding hydrogens is 322 g/mol. The molecule has 1 amide bonds. The normalized spacial score (nSPS) is 16.8. The van der Waals surface area contributed by atoms with Gasteiger partial charge in [-0.1, -0.05) is 54.6 Å². The quantitative estimate of drug-likeness (QED) is 0.701. The number of hydrogen-bond donors (Lipinski definition) is 0. The van der Waals surface area contributed by atoms with E-state index in [1.54, 1.807) is 7.11 Å². The third kappa shape index (κ3) is 3.30. The Balaban J connectivity index is 1.45. The second kappa shape index (κ2) is 7.20. The average Bonchev–Trinajstić information content (AvgIpc) is 3.19. The maximum absolute atomic E-state index is 12.8. The molecule has 3 heteroatoms. The van der Waals surface area contributed by atoms with Crippen molar-refractivity contribution >= 4 is 16.7 Å². The van der Waals surface area contributed by atoms with Crippen molar-refractivity contribution in [3.8, 4) is 5.75 Å². The van der Waals surface area contributed by atoms with E-state index in [-0.39, 0.29) is 5.91 Å². The smallest absolute Gasteiger partial charge is 0.227 e. The summed E-state index contributed by atoms with van der Waals surface area (Å²) < 4.78 is 5.23. The lowest BCUT2D eigenvalue weighted by atomic mass is 9.98. The molecule has 1 aliphatic rings. The minimum atomic E-state index is 0.220. The first-order valence-electron chi connectivity index (χ1n) is 9.13. The molecular formula is C23H23NO2. The second-order valence-electron chi connectivity index (χ2n) is 6.91. The number of rotatable bonds is 4. The van der Waals surface area contributed by atoms with Gasteiger partial charge in [0, 0.05) is 19.0 Å². The number of likely N-dealkylation sites (tertiary alicyclic amines) is 1. The lowest BCUT2D eigenvalue weighted by Gasteiger charge is -2.17. The van der Waals surface area contributed by atoms with E-state index in [1.807, 2.05) is 35.2 Å². The number of ether oxygens (including phenoxy) is 1. The zero-order valence-electron chi connectivity index (χ0n) is 15.0. The average molecular weight is 345 g/mol. The summed E-state index contributed by atoms with van der Waals surface area (Å²) in [6.07, 6.45) is 1.49. The molecule has 1 atom stereocenters. The summed E-state index contributed by atoms with van der Waals surface area (Å²) >= 11 is 0. The van der Waals surface area contributed by atoms with Gasteiger partial charge in [-0.25, -0.2) is 0 Å². The summed E-state index contributed by atoms with van der Waals surface area (Å²) in [7, 11) is 1.68. The first kappa shape index (κ1) is 16.6. The highest BCUT2D eigenvalue weighted by atomic mass is 16.5. The van der Waals surface area contributed by atoms with Gasteiger partial charge in [0.15, 0.2) is 0 Å². The molecule has 1 saturated heterocycles. The summed E-state index contributed by atoms with van der Waals surface area (Å²) in [6, 6.07) is 22.7. The van der Waals surface area contributed by atoms with Crippen LogP contribution in [0, 0.1) is 0 Å². The lowest BCUT2D eigenvalue weighted by molar-refractivity contribution is -0.129. The van der Waals surface area contributed by atoms with Crippen molar-refractivity contribution in [2.45, 2.75) is 18.8 Å². The molecule has 0 unspecified atom stereocenters. The molecule has 0 N–H and O–H groups in total. The fourth-order valence-electron chi connectivity index (χ4n) is 3.86. The Morgan fingerprint density at radius 2 is 1.81 bits per heavy atom. The number of benzene rings is 3. The van der Waals surface area contributed by atoms with Crippen molar-refractivity contribution in [1.82, 2.24) is 4.90 Å². The van der Waals surface area contributed by atoms with E-state index in [1.165, 1.54) is 16.3 Å². The predicted molar refractivity (Wildman–Crippen MR) is 105 cm³/mol. The summed E-state index contributed by atoms with van der Waals surface area (Å²) in [5.41, 5.74) is 2.40. The third-order valence-electron chi connectivity index (χ3n) is 5.35. The van der Waals surface area contributed by atoms with Crippen LogP contribution in [0.2, 0.25) is 0 Å². The molecule has 0 bridgehead atoms. The van der Waals surface area contributed by atoms with Crippen molar-refractivity contribution in [2.24, 2.45) is 0 Å². The number of fused-ring (bicyclic) bond motifs is 1. The predicted octanol–water partition coefficient (Wildman–Crippen LogP) is 4.41. The number of hydrogen-bond acceptors (Lipinski definition) is 2. The van der Waals surface area contributed by atoms with E-state index in [0.717, 1.165) is 30.8 Å². The monoisotopic (exact) mass is 345 g/mol. The molecule has 0 spiro atoms. The molecule has 3 aromatic rings. The number of methoxy groups -OCH3 is 1. The van der Waals surface area contributed by atoms with Crippen LogP contribution in [0.25, 0.3) is 10.8 Å². The van der Waals surface area contributed by atoms with Gasteiger partial charge in [0.2, 0.25) is 5.91 Å². The first-order valence-corrected chi connectivity index (χ1v) is 9.13. The van der Waals surface area contributed by atoms with Crippen LogP contribution < -0.4 is 4.74 Å². The van der Waals surface area contributed by atoms with Crippen LogP contribution in [0.4, 0.5) is 0 Å². The zero-order chi connectivity index (χ0) is 17.9. The maximum atomic E-state index is 12.8. The molecule has 4 rings (SSSR count). The van der Waals surface area contributed by atoms with Gasteiger partial charge in [-0.15, -0.1) is 0 Å². The number of carbonyl (C=O) groups excluding carboxylic acids is 1. The van der Waals surface area contributed by atoms with Crippen LogP contribution >= 0.6 is 0 Å². The van der Waals surface area contributed by atoms with Crippen LogP contribution in [-0.4, -0.2) is 31.0 Å².